The molecule has 0 spiro atoms. The van der Waals surface area contributed by atoms with Crippen LogP contribution in [-0.4, -0.2) is 48.9 Å². The molecule has 1 aromatic rings. The first-order valence-corrected chi connectivity index (χ1v) is 10.1. The molecule has 0 saturated carbocycles. The van der Waals surface area contributed by atoms with Gasteiger partial charge in [0.15, 0.2) is 0 Å². The summed E-state index contributed by atoms with van der Waals surface area (Å²) in [5, 5.41) is 3.18. The molecule has 4 rings (SSSR count). The molecular weight excluding hydrogens is 326 g/mol. The minimum atomic E-state index is -0.228. The fraction of sp³-hybridized carbons (Fsp3) is 0.619. The molecule has 0 unspecified atom stereocenters. The lowest BCUT2D eigenvalue weighted by Crippen LogP contribution is -2.51. The maximum absolute atomic E-state index is 12.7. The zero-order chi connectivity index (χ0) is 17.9. The molecule has 0 aliphatic carbocycles. The van der Waals surface area contributed by atoms with Crippen LogP contribution in [0.2, 0.25) is 0 Å². The Morgan fingerprint density at radius 3 is 2.73 bits per heavy atom. The fourth-order valence-corrected chi connectivity index (χ4v) is 4.93. The van der Waals surface area contributed by atoms with Crippen molar-refractivity contribution in [1.29, 1.82) is 0 Å². The van der Waals surface area contributed by atoms with E-state index in [1.54, 1.807) is 4.90 Å². The van der Waals surface area contributed by atoms with Crippen LogP contribution in [0.3, 0.4) is 0 Å². The van der Waals surface area contributed by atoms with Crippen molar-refractivity contribution in [3.05, 3.63) is 30.3 Å². The summed E-state index contributed by atoms with van der Waals surface area (Å²) in [6.07, 6.45) is 6.66. The van der Waals surface area contributed by atoms with Gasteiger partial charge in [-0.2, -0.15) is 0 Å². The molecule has 5 heteroatoms. The van der Waals surface area contributed by atoms with E-state index in [2.05, 4.69) is 10.2 Å². The third-order valence-corrected chi connectivity index (χ3v) is 6.33. The number of nitrogens with one attached hydrogen (secondary N) is 1. The van der Waals surface area contributed by atoms with E-state index in [0.717, 1.165) is 12.2 Å². The predicted molar refractivity (Wildman–Crippen MR) is 102 cm³/mol. The van der Waals surface area contributed by atoms with Crippen LogP contribution in [0.5, 0.6) is 0 Å². The molecule has 1 N–H and O–H groups in total. The van der Waals surface area contributed by atoms with E-state index in [0.29, 0.717) is 24.9 Å². The molecule has 0 radical (unpaired) electrons. The average molecular weight is 355 g/mol. The Hall–Kier alpha value is -1.88. The smallest absolute Gasteiger partial charge is 0.227 e. The van der Waals surface area contributed by atoms with Crippen LogP contribution in [0.25, 0.3) is 0 Å². The van der Waals surface area contributed by atoms with Crippen LogP contribution in [0, 0.1) is 11.8 Å². The Morgan fingerprint density at radius 1 is 1.08 bits per heavy atom. The molecule has 3 aliphatic rings. The summed E-state index contributed by atoms with van der Waals surface area (Å²) >= 11 is 0. The standard InChI is InChI=1S/C21H29N3O2/c25-20-13-17(15-24(20)18-8-2-1-3-9-18)21(26)22-14-16-7-6-12-23-11-5-4-10-19(16)23/h1-3,8-9,16-17,19H,4-7,10-15H2,(H,22,26)/t16-,17+,19+/m0/s1. The van der Waals surface area contributed by atoms with Crippen LogP contribution < -0.4 is 10.2 Å². The Labute approximate surface area is 155 Å². The third-order valence-electron chi connectivity index (χ3n) is 6.33. The van der Waals surface area contributed by atoms with Crippen molar-refractivity contribution in [3.63, 3.8) is 0 Å². The van der Waals surface area contributed by atoms with Crippen LogP contribution in [0.1, 0.15) is 38.5 Å². The van der Waals surface area contributed by atoms with E-state index < -0.39 is 0 Å². The van der Waals surface area contributed by atoms with Crippen molar-refractivity contribution in [2.75, 3.05) is 31.1 Å². The second-order valence-electron chi connectivity index (χ2n) is 7.99. The van der Waals surface area contributed by atoms with Gasteiger partial charge in [0.05, 0.1) is 5.92 Å². The molecule has 3 aliphatic heterocycles. The number of amides is 2. The normalized spacial score (nSPS) is 29.5. The highest BCUT2D eigenvalue weighted by atomic mass is 16.2. The average Bonchev–Trinajstić information content (AvgIpc) is 3.08. The molecule has 5 nitrogen and oxygen atoms in total. The Bertz CT molecular complexity index is 646. The van der Waals surface area contributed by atoms with Crippen molar-refractivity contribution >= 4 is 17.5 Å². The maximum Gasteiger partial charge on any atom is 0.227 e. The van der Waals surface area contributed by atoms with E-state index in [9.17, 15) is 9.59 Å². The number of benzene rings is 1. The highest BCUT2D eigenvalue weighted by Crippen LogP contribution is 2.31. The molecule has 0 aromatic heterocycles. The van der Waals surface area contributed by atoms with Gasteiger partial charge in [-0.25, -0.2) is 0 Å². The number of anilines is 1. The Balaban J connectivity index is 1.32. The first kappa shape index (κ1) is 17.5. The highest BCUT2D eigenvalue weighted by Gasteiger charge is 2.37. The largest absolute Gasteiger partial charge is 0.355 e. The maximum atomic E-state index is 12.7. The molecular formula is C21H29N3O2. The molecule has 3 heterocycles. The number of para-hydroxylation sites is 1. The van der Waals surface area contributed by atoms with Crippen LogP contribution in [0.15, 0.2) is 30.3 Å². The number of nitrogens with zero attached hydrogens (tertiary/aromatic N) is 2. The van der Waals surface area contributed by atoms with Crippen LogP contribution >= 0.6 is 0 Å². The van der Waals surface area contributed by atoms with E-state index in [1.807, 2.05) is 30.3 Å². The first-order chi connectivity index (χ1) is 12.7. The summed E-state index contributed by atoms with van der Waals surface area (Å²) in [5.41, 5.74) is 0.887. The lowest BCUT2D eigenvalue weighted by atomic mass is 9.83. The molecule has 140 valence electrons. The summed E-state index contributed by atoms with van der Waals surface area (Å²) in [7, 11) is 0. The number of hydrogen-bond acceptors (Lipinski definition) is 3. The summed E-state index contributed by atoms with van der Waals surface area (Å²) in [6.45, 7) is 3.70. The summed E-state index contributed by atoms with van der Waals surface area (Å²) in [4.78, 5) is 29.4. The minimum absolute atomic E-state index is 0.0460. The van der Waals surface area contributed by atoms with Gasteiger partial charge in [0.25, 0.3) is 0 Å². The van der Waals surface area contributed by atoms with Crippen molar-refractivity contribution in [2.45, 2.75) is 44.6 Å². The van der Waals surface area contributed by atoms with Gasteiger partial charge >= 0.3 is 0 Å². The Morgan fingerprint density at radius 2 is 1.88 bits per heavy atom. The van der Waals surface area contributed by atoms with Gasteiger partial charge in [0, 0.05) is 31.2 Å². The van der Waals surface area contributed by atoms with E-state index in [-0.39, 0.29) is 17.7 Å². The SMILES string of the molecule is O=C(NC[C@@H]1CCCN2CCCC[C@H]12)[C@@H]1CC(=O)N(c2ccccc2)C1. The highest BCUT2D eigenvalue weighted by molar-refractivity contribution is 6.00. The summed E-state index contributed by atoms with van der Waals surface area (Å²) in [6, 6.07) is 10.3. The topological polar surface area (TPSA) is 52.7 Å². The van der Waals surface area contributed by atoms with Crippen molar-refractivity contribution in [3.8, 4) is 0 Å². The number of hydrogen-bond donors (Lipinski definition) is 1. The number of carbonyl (C=O) groups excluding carboxylic acids is 2. The van der Waals surface area contributed by atoms with Gasteiger partial charge in [-0.3, -0.25) is 9.59 Å². The Kier molecular flexibility index (Phi) is 5.25. The predicted octanol–water partition coefficient (Wildman–Crippen LogP) is 2.42. The third kappa shape index (κ3) is 3.63. The molecule has 3 atom stereocenters. The zero-order valence-electron chi connectivity index (χ0n) is 15.4. The number of piperidine rings is 2. The number of fused-ring (bicyclic) bond motifs is 1. The fourth-order valence-electron chi connectivity index (χ4n) is 4.93. The van der Waals surface area contributed by atoms with Crippen LogP contribution in [-0.2, 0) is 9.59 Å². The lowest BCUT2D eigenvalue weighted by Gasteiger charge is -2.44. The van der Waals surface area contributed by atoms with Crippen LogP contribution in [0.4, 0.5) is 5.69 Å². The molecule has 2 amide bonds. The number of rotatable bonds is 4. The van der Waals surface area contributed by atoms with Crippen molar-refractivity contribution in [1.82, 2.24) is 10.2 Å². The van der Waals surface area contributed by atoms with Gasteiger partial charge in [0.1, 0.15) is 0 Å². The molecule has 3 fully saturated rings. The van der Waals surface area contributed by atoms with Gasteiger partial charge in [-0.1, -0.05) is 24.6 Å². The summed E-state index contributed by atoms with van der Waals surface area (Å²) in [5.74, 6) is 0.432. The van der Waals surface area contributed by atoms with Gasteiger partial charge < -0.3 is 15.1 Å². The zero-order valence-corrected chi connectivity index (χ0v) is 15.4. The van der Waals surface area contributed by atoms with Gasteiger partial charge in [0.2, 0.25) is 11.8 Å². The van der Waals surface area contributed by atoms with E-state index >= 15 is 0 Å². The molecule has 26 heavy (non-hydrogen) atoms. The molecule has 1 aromatic carbocycles. The second kappa shape index (κ2) is 7.78. The quantitative estimate of drug-likeness (QED) is 0.902. The lowest BCUT2D eigenvalue weighted by molar-refractivity contribution is -0.126. The molecule has 0 bridgehead atoms. The van der Waals surface area contributed by atoms with Crippen molar-refractivity contribution < 1.29 is 9.59 Å². The van der Waals surface area contributed by atoms with E-state index in [4.69, 9.17) is 0 Å². The minimum Gasteiger partial charge on any atom is -0.355 e. The number of carbonyl (C=O) groups is 2. The van der Waals surface area contributed by atoms with Gasteiger partial charge in [-0.05, 0) is 56.8 Å². The van der Waals surface area contributed by atoms with Crippen molar-refractivity contribution in [2.24, 2.45) is 11.8 Å². The monoisotopic (exact) mass is 355 g/mol. The second-order valence-corrected chi connectivity index (χ2v) is 7.99. The first-order valence-electron chi connectivity index (χ1n) is 10.1. The van der Waals surface area contributed by atoms with E-state index in [1.165, 1.54) is 45.2 Å². The molecule has 3 saturated heterocycles. The summed E-state index contributed by atoms with van der Waals surface area (Å²) < 4.78 is 0. The van der Waals surface area contributed by atoms with Gasteiger partial charge in [-0.15, -0.1) is 0 Å².